The van der Waals surface area contributed by atoms with Crippen LogP contribution in [0.5, 0.6) is 0 Å². The SMILES string of the molecule is Cc1ccccc1CNc1cnc(C(=O)Nc2ccccc2Br)cn1. The third-order valence-electron chi connectivity index (χ3n) is 3.73. The summed E-state index contributed by atoms with van der Waals surface area (Å²) in [4.78, 5) is 20.7. The summed E-state index contributed by atoms with van der Waals surface area (Å²) in [5.74, 6) is 0.325. The molecule has 25 heavy (non-hydrogen) atoms. The molecule has 3 rings (SSSR count). The van der Waals surface area contributed by atoms with Crippen molar-refractivity contribution in [3.8, 4) is 0 Å². The Morgan fingerprint density at radius 1 is 1.04 bits per heavy atom. The van der Waals surface area contributed by atoms with Gasteiger partial charge in [-0.1, -0.05) is 36.4 Å². The van der Waals surface area contributed by atoms with Crippen molar-refractivity contribution in [2.75, 3.05) is 10.6 Å². The number of nitrogens with zero attached hydrogens (tertiary/aromatic N) is 2. The third kappa shape index (κ3) is 4.42. The fraction of sp³-hybridized carbons (Fsp3) is 0.105. The lowest BCUT2D eigenvalue weighted by Crippen LogP contribution is -2.15. The summed E-state index contributed by atoms with van der Waals surface area (Å²) in [6.45, 7) is 2.72. The average molecular weight is 397 g/mol. The highest BCUT2D eigenvalue weighted by molar-refractivity contribution is 9.10. The quantitative estimate of drug-likeness (QED) is 0.669. The van der Waals surface area contributed by atoms with Gasteiger partial charge in [0.25, 0.3) is 5.91 Å². The minimum Gasteiger partial charge on any atom is -0.365 e. The van der Waals surface area contributed by atoms with Crippen molar-refractivity contribution in [2.45, 2.75) is 13.5 Å². The maximum Gasteiger partial charge on any atom is 0.275 e. The molecule has 1 aromatic heterocycles. The van der Waals surface area contributed by atoms with E-state index in [9.17, 15) is 4.79 Å². The Morgan fingerprint density at radius 2 is 1.80 bits per heavy atom. The molecule has 1 heterocycles. The molecule has 6 heteroatoms. The highest BCUT2D eigenvalue weighted by Crippen LogP contribution is 2.21. The summed E-state index contributed by atoms with van der Waals surface area (Å²) in [5, 5.41) is 6.02. The van der Waals surface area contributed by atoms with Crippen LogP contribution in [0.15, 0.2) is 65.4 Å². The zero-order valence-corrected chi connectivity index (χ0v) is 15.2. The first-order valence-corrected chi connectivity index (χ1v) is 8.59. The molecule has 0 atom stereocenters. The second kappa shape index (κ2) is 7.90. The molecular weight excluding hydrogens is 380 g/mol. The van der Waals surface area contributed by atoms with Crippen LogP contribution in [0.4, 0.5) is 11.5 Å². The van der Waals surface area contributed by atoms with Crippen LogP contribution in [-0.4, -0.2) is 15.9 Å². The van der Waals surface area contributed by atoms with Crippen LogP contribution in [0.1, 0.15) is 21.6 Å². The summed E-state index contributed by atoms with van der Waals surface area (Å²) in [7, 11) is 0. The van der Waals surface area contributed by atoms with E-state index in [1.807, 2.05) is 36.4 Å². The molecule has 0 fully saturated rings. The number of aryl methyl sites for hydroxylation is 1. The van der Waals surface area contributed by atoms with Crippen LogP contribution < -0.4 is 10.6 Å². The first kappa shape index (κ1) is 17.1. The summed E-state index contributed by atoms with van der Waals surface area (Å²) >= 11 is 3.40. The summed E-state index contributed by atoms with van der Waals surface area (Å²) < 4.78 is 0.813. The number of amides is 1. The van der Waals surface area contributed by atoms with Gasteiger partial charge in [-0.15, -0.1) is 0 Å². The minimum absolute atomic E-state index is 0.261. The van der Waals surface area contributed by atoms with E-state index in [1.165, 1.54) is 17.3 Å². The molecule has 0 saturated carbocycles. The molecular formula is C19H17BrN4O. The maximum absolute atomic E-state index is 12.2. The Balaban J connectivity index is 1.63. The molecule has 2 N–H and O–H groups in total. The first-order valence-electron chi connectivity index (χ1n) is 7.80. The summed E-state index contributed by atoms with van der Waals surface area (Å²) in [6, 6.07) is 15.6. The molecule has 0 aliphatic heterocycles. The van der Waals surface area contributed by atoms with Crippen LogP contribution in [0.3, 0.4) is 0 Å². The number of para-hydroxylation sites is 1. The zero-order chi connectivity index (χ0) is 17.6. The number of anilines is 2. The average Bonchev–Trinajstić information content (AvgIpc) is 2.63. The number of halogens is 1. The molecule has 0 aliphatic rings. The predicted molar refractivity (Wildman–Crippen MR) is 103 cm³/mol. The van der Waals surface area contributed by atoms with Crippen molar-refractivity contribution in [2.24, 2.45) is 0 Å². The van der Waals surface area contributed by atoms with E-state index in [-0.39, 0.29) is 11.6 Å². The zero-order valence-electron chi connectivity index (χ0n) is 13.7. The molecule has 5 nitrogen and oxygen atoms in total. The fourth-order valence-electron chi connectivity index (χ4n) is 2.28. The second-order valence-corrected chi connectivity index (χ2v) is 6.36. The van der Waals surface area contributed by atoms with Crippen molar-refractivity contribution in [3.63, 3.8) is 0 Å². The van der Waals surface area contributed by atoms with Gasteiger partial charge >= 0.3 is 0 Å². The monoisotopic (exact) mass is 396 g/mol. The Morgan fingerprint density at radius 3 is 2.52 bits per heavy atom. The van der Waals surface area contributed by atoms with E-state index in [2.05, 4.69) is 55.6 Å². The number of carbonyl (C=O) groups is 1. The number of aromatic nitrogens is 2. The van der Waals surface area contributed by atoms with E-state index in [1.54, 1.807) is 6.20 Å². The molecule has 0 spiro atoms. The Bertz CT molecular complexity index is 881. The number of hydrogen-bond acceptors (Lipinski definition) is 4. The molecule has 1 amide bonds. The van der Waals surface area contributed by atoms with Crippen molar-refractivity contribution in [1.29, 1.82) is 0 Å². The Hall–Kier alpha value is -2.73. The predicted octanol–water partition coefficient (Wildman–Crippen LogP) is 4.41. The largest absolute Gasteiger partial charge is 0.365 e. The normalized spacial score (nSPS) is 10.3. The summed E-state index contributed by atoms with van der Waals surface area (Å²) in [5.41, 5.74) is 3.36. The van der Waals surface area contributed by atoms with E-state index >= 15 is 0 Å². The molecule has 0 saturated heterocycles. The second-order valence-electron chi connectivity index (χ2n) is 5.50. The number of benzene rings is 2. The number of hydrogen-bond donors (Lipinski definition) is 2. The lowest BCUT2D eigenvalue weighted by atomic mass is 10.1. The van der Waals surface area contributed by atoms with Crippen molar-refractivity contribution >= 4 is 33.3 Å². The van der Waals surface area contributed by atoms with E-state index < -0.39 is 0 Å². The highest BCUT2D eigenvalue weighted by atomic mass is 79.9. The van der Waals surface area contributed by atoms with Gasteiger partial charge in [0, 0.05) is 11.0 Å². The smallest absolute Gasteiger partial charge is 0.275 e. The lowest BCUT2D eigenvalue weighted by Gasteiger charge is -2.09. The van der Waals surface area contributed by atoms with E-state index in [4.69, 9.17) is 0 Å². The molecule has 0 unspecified atom stereocenters. The minimum atomic E-state index is -0.301. The van der Waals surface area contributed by atoms with Crippen LogP contribution in [0.2, 0.25) is 0 Å². The van der Waals surface area contributed by atoms with Gasteiger partial charge in [0.1, 0.15) is 11.5 Å². The van der Waals surface area contributed by atoms with Crippen LogP contribution in [-0.2, 0) is 6.54 Å². The number of rotatable bonds is 5. The van der Waals surface area contributed by atoms with Gasteiger partial charge < -0.3 is 10.6 Å². The van der Waals surface area contributed by atoms with Crippen molar-refractivity contribution < 1.29 is 4.79 Å². The lowest BCUT2D eigenvalue weighted by molar-refractivity contribution is 0.102. The van der Waals surface area contributed by atoms with E-state index in [0.29, 0.717) is 18.1 Å². The molecule has 2 aromatic carbocycles. The standard InChI is InChI=1S/C19H17BrN4O/c1-13-6-2-3-7-14(13)10-22-18-12-21-17(11-23-18)19(25)24-16-9-5-4-8-15(16)20/h2-9,11-12H,10H2,1H3,(H,22,23)(H,24,25). The molecule has 126 valence electrons. The maximum atomic E-state index is 12.2. The van der Waals surface area contributed by atoms with Gasteiger partial charge in [0.05, 0.1) is 18.1 Å². The Labute approximate surface area is 154 Å². The number of carbonyl (C=O) groups excluding carboxylic acids is 1. The Kier molecular flexibility index (Phi) is 5.40. The van der Waals surface area contributed by atoms with Gasteiger partial charge in [0.15, 0.2) is 0 Å². The van der Waals surface area contributed by atoms with Gasteiger partial charge in [-0.25, -0.2) is 9.97 Å². The molecule has 3 aromatic rings. The molecule has 0 aliphatic carbocycles. The molecule has 0 bridgehead atoms. The first-order chi connectivity index (χ1) is 12.1. The fourth-order valence-corrected chi connectivity index (χ4v) is 2.66. The van der Waals surface area contributed by atoms with Crippen LogP contribution in [0, 0.1) is 6.92 Å². The third-order valence-corrected chi connectivity index (χ3v) is 4.42. The van der Waals surface area contributed by atoms with Crippen LogP contribution in [0.25, 0.3) is 0 Å². The van der Waals surface area contributed by atoms with Gasteiger partial charge in [-0.3, -0.25) is 4.79 Å². The van der Waals surface area contributed by atoms with Crippen molar-refractivity contribution in [1.82, 2.24) is 9.97 Å². The highest BCUT2D eigenvalue weighted by Gasteiger charge is 2.10. The van der Waals surface area contributed by atoms with E-state index in [0.717, 1.165) is 4.47 Å². The number of nitrogens with one attached hydrogen (secondary N) is 2. The summed E-state index contributed by atoms with van der Waals surface area (Å²) in [6.07, 6.45) is 3.03. The topological polar surface area (TPSA) is 66.9 Å². The van der Waals surface area contributed by atoms with Gasteiger partial charge in [0.2, 0.25) is 0 Å². The van der Waals surface area contributed by atoms with Gasteiger partial charge in [-0.2, -0.15) is 0 Å². The van der Waals surface area contributed by atoms with Crippen molar-refractivity contribution in [3.05, 3.63) is 82.2 Å². The molecule has 0 radical (unpaired) electrons. The van der Waals surface area contributed by atoms with Crippen LogP contribution >= 0.6 is 15.9 Å². The van der Waals surface area contributed by atoms with Gasteiger partial charge in [-0.05, 0) is 46.1 Å².